The van der Waals surface area contributed by atoms with E-state index in [0.717, 1.165) is 45.4 Å². The van der Waals surface area contributed by atoms with Gasteiger partial charge in [-0.25, -0.2) is 4.98 Å². The largest absolute Gasteiger partial charge is 0.392 e. The van der Waals surface area contributed by atoms with E-state index in [2.05, 4.69) is 20.7 Å². The van der Waals surface area contributed by atoms with E-state index in [9.17, 15) is 0 Å². The molecule has 1 aliphatic rings. The average molecular weight is 298 g/mol. The number of aryl methyl sites for hydroxylation is 1. The van der Waals surface area contributed by atoms with Crippen molar-refractivity contribution in [3.63, 3.8) is 0 Å². The Hall–Kier alpha value is -0.590. The Bertz CT molecular complexity index is 397. The summed E-state index contributed by atoms with van der Waals surface area (Å²) in [6.45, 7) is 4.38. The van der Waals surface area contributed by atoms with Gasteiger partial charge in [0.15, 0.2) is 0 Å². The zero-order valence-electron chi connectivity index (χ0n) is 11.4. The minimum atomic E-state index is 0.0379. The standard InChI is InChI=1S/C13H22N4S2/c1-19-13(12(14)18)3-8-16(9-4-13)6-2-7-17-10-5-15-11-17/h5,10-11H,2-4,6-9H2,1H3,(H2,14,18). The number of piperidine rings is 1. The number of likely N-dealkylation sites (tertiary alicyclic amines) is 1. The number of rotatable bonds is 6. The number of hydrogen-bond donors (Lipinski definition) is 1. The maximum atomic E-state index is 5.90. The summed E-state index contributed by atoms with van der Waals surface area (Å²) in [6.07, 6.45) is 11.2. The molecule has 106 valence electrons. The molecule has 4 nitrogen and oxygen atoms in total. The van der Waals surface area contributed by atoms with Gasteiger partial charge in [-0.3, -0.25) is 0 Å². The van der Waals surface area contributed by atoms with Gasteiger partial charge in [0.05, 0.1) is 16.1 Å². The van der Waals surface area contributed by atoms with Gasteiger partial charge in [0.2, 0.25) is 0 Å². The number of nitrogens with two attached hydrogens (primary N) is 1. The second-order valence-electron chi connectivity index (χ2n) is 5.06. The van der Waals surface area contributed by atoms with Gasteiger partial charge in [0.25, 0.3) is 0 Å². The Morgan fingerprint density at radius 2 is 2.16 bits per heavy atom. The second-order valence-corrected chi connectivity index (χ2v) is 6.69. The van der Waals surface area contributed by atoms with Crippen molar-refractivity contribution in [1.29, 1.82) is 0 Å². The first-order chi connectivity index (χ1) is 9.16. The summed E-state index contributed by atoms with van der Waals surface area (Å²) in [4.78, 5) is 7.25. The lowest BCUT2D eigenvalue weighted by Gasteiger charge is -2.40. The third-order valence-electron chi connectivity index (χ3n) is 3.95. The average Bonchev–Trinajstić information content (AvgIpc) is 2.92. The molecule has 2 rings (SSSR count). The predicted octanol–water partition coefficient (Wildman–Crippen LogP) is 1.76. The van der Waals surface area contributed by atoms with E-state index in [1.165, 1.54) is 0 Å². The lowest BCUT2D eigenvalue weighted by Crippen LogP contribution is -2.49. The number of aromatic nitrogens is 2. The van der Waals surface area contributed by atoms with E-state index in [4.69, 9.17) is 18.0 Å². The van der Waals surface area contributed by atoms with Crippen LogP contribution in [0.15, 0.2) is 18.7 Å². The van der Waals surface area contributed by atoms with Gasteiger partial charge < -0.3 is 15.2 Å². The van der Waals surface area contributed by atoms with E-state index in [1.54, 1.807) is 0 Å². The fourth-order valence-electron chi connectivity index (χ4n) is 2.58. The monoisotopic (exact) mass is 298 g/mol. The fraction of sp³-hybridized carbons (Fsp3) is 0.692. The molecule has 1 aromatic heterocycles. The molecular weight excluding hydrogens is 276 g/mol. The van der Waals surface area contributed by atoms with Crippen molar-refractivity contribution >= 4 is 29.0 Å². The molecule has 0 spiro atoms. The topological polar surface area (TPSA) is 47.1 Å². The first-order valence-corrected chi connectivity index (χ1v) is 8.33. The maximum absolute atomic E-state index is 5.90. The highest BCUT2D eigenvalue weighted by Gasteiger charge is 2.36. The van der Waals surface area contributed by atoms with Crippen molar-refractivity contribution in [2.75, 3.05) is 25.9 Å². The summed E-state index contributed by atoms with van der Waals surface area (Å²) in [5.74, 6) is 0. The van der Waals surface area contributed by atoms with E-state index in [0.29, 0.717) is 4.99 Å². The fourth-order valence-corrected chi connectivity index (χ4v) is 3.83. The minimum Gasteiger partial charge on any atom is -0.392 e. The summed E-state index contributed by atoms with van der Waals surface area (Å²) < 4.78 is 2.17. The van der Waals surface area contributed by atoms with E-state index >= 15 is 0 Å². The van der Waals surface area contributed by atoms with Gasteiger partial charge in [-0.15, -0.1) is 0 Å². The van der Waals surface area contributed by atoms with Crippen LogP contribution >= 0.6 is 24.0 Å². The molecule has 1 fully saturated rings. The highest BCUT2D eigenvalue weighted by molar-refractivity contribution is 8.02. The molecule has 0 amide bonds. The molecule has 2 heterocycles. The first-order valence-electron chi connectivity index (χ1n) is 6.69. The Balaban J connectivity index is 1.73. The molecule has 1 aromatic rings. The molecule has 0 unspecified atom stereocenters. The molecule has 0 atom stereocenters. The third kappa shape index (κ3) is 3.70. The second kappa shape index (κ2) is 6.72. The number of thioether (sulfide) groups is 1. The lowest BCUT2D eigenvalue weighted by molar-refractivity contribution is 0.215. The van der Waals surface area contributed by atoms with Crippen molar-refractivity contribution in [2.24, 2.45) is 5.73 Å². The van der Waals surface area contributed by atoms with Crippen LogP contribution in [-0.4, -0.2) is 50.1 Å². The molecule has 0 aliphatic carbocycles. The van der Waals surface area contributed by atoms with Gasteiger partial charge >= 0.3 is 0 Å². The predicted molar refractivity (Wildman–Crippen MR) is 85.5 cm³/mol. The van der Waals surface area contributed by atoms with Crippen LogP contribution in [-0.2, 0) is 6.54 Å². The zero-order valence-corrected chi connectivity index (χ0v) is 13.1. The van der Waals surface area contributed by atoms with Gasteiger partial charge in [0, 0.05) is 18.9 Å². The Labute approximate surface area is 124 Å². The van der Waals surface area contributed by atoms with Crippen LogP contribution in [0.5, 0.6) is 0 Å². The SMILES string of the molecule is CSC1(C(N)=S)CCN(CCCn2ccnc2)CC1. The maximum Gasteiger partial charge on any atom is 0.0945 e. The number of nitrogens with zero attached hydrogens (tertiary/aromatic N) is 3. The summed E-state index contributed by atoms with van der Waals surface area (Å²) >= 11 is 7.06. The summed E-state index contributed by atoms with van der Waals surface area (Å²) in [6, 6.07) is 0. The van der Waals surface area contributed by atoms with Gasteiger partial charge in [-0.2, -0.15) is 11.8 Å². The zero-order chi connectivity index (χ0) is 13.7. The van der Waals surface area contributed by atoms with Crippen molar-refractivity contribution in [1.82, 2.24) is 14.5 Å². The van der Waals surface area contributed by atoms with E-state index < -0.39 is 0 Å². The van der Waals surface area contributed by atoms with Crippen molar-refractivity contribution in [3.05, 3.63) is 18.7 Å². The summed E-state index contributed by atoms with van der Waals surface area (Å²) in [7, 11) is 0. The van der Waals surface area contributed by atoms with E-state index in [-0.39, 0.29) is 4.75 Å². The smallest absolute Gasteiger partial charge is 0.0945 e. The molecule has 2 N–H and O–H groups in total. The number of thiocarbonyl (C=S) groups is 1. The van der Waals surface area contributed by atoms with Crippen LogP contribution in [0.4, 0.5) is 0 Å². The van der Waals surface area contributed by atoms with Crippen molar-refractivity contribution < 1.29 is 0 Å². The molecular formula is C13H22N4S2. The first kappa shape index (κ1) is 14.8. The van der Waals surface area contributed by atoms with Gasteiger partial charge in [-0.1, -0.05) is 12.2 Å². The van der Waals surface area contributed by atoms with Crippen LogP contribution < -0.4 is 5.73 Å². The van der Waals surface area contributed by atoms with Gasteiger partial charge in [-0.05, 0) is 45.2 Å². The normalized spacial score (nSPS) is 19.4. The van der Waals surface area contributed by atoms with Crippen LogP contribution in [0, 0.1) is 0 Å². The Morgan fingerprint density at radius 3 is 2.68 bits per heavy atom. The molecule has 0 bridgehead atoms. The Kier molecular flexibility index (Phi) is 5.24. The van der Waals surface area contributed by atoms with E-state index in [1.807, 2.05) is 30.5 Å². The molecule has 0 aromatic carbocycles. The summed E-state index contributed by atoms with van der Waals surface area (Å²) in [5, 5.41) is 0. The quantitative estimate of drug-likeness (QED) is 0.811. The molecule has 19 heavy (non-hydrogen) atoms. The highest BCUT2D eigenvalue weighted by Crippen LogP contribution is 2.34. The van der Waals surface area contributed by atoms with Crippen molar-refractivity contribution in [3.8, 4) is 0 Å². The molecule has 1 aliphatic heterocycles. The summed E-state index contributed by atoms with van der Waals surface area (Å²) in [5.41, 5.74) is 5.90. The van der Waals surface area contributed by atoms with Crippen LogP contribution in [0.1, 0.15) is 19.3 Å². The van der Waals surface area contributed by atoms with Gasteiger partial charge in [0.1, 0.15) is 0 Å². The highest BCUT2D eigenvalue weighted by atomic mass is 32.2. The number of hydrogen-bond acceptors (Lipinski definition) is 4. The molecule has 1 saturated heterocycles. The number of imidazole rings is 1. The Morgan fingerprint density at radius 1 is 1.42 bits per heavy atom. The third-order valence-corrected chi connectivity index (χ3v) is 5.88. The molecule has 0 saturated carbocycles. The molecule has 6 heteroatoms. The lowest BCUT2D eigenvalue weighted by atomic mass is 9.95. The van der Waals surface area contributed by atoms with Crippen molar-refractivity contribution in [2.45, 2.75) is 30.6 Å². The minimum absolute atomic E-state index is 0.0379. The van der Waals surface area contributed by atoms with Crippen LogP contribution in [0.3, 0.4) is 0 Å². The van der Waals surface area contributed by atoms with Crippen LogP contribution in [0.25, 0.3) is 0 Å². The van der Waals surface area contributed by atoms with Crippen LogP contribution in [0.2, 0.25) is 0 Å². The molecule has 0 radical (unpaired) electrons.